The number of nitrogens with one attached hydrogen (secondary N) is 1. The van der Waals surface area contributed by atoms with Crippen LogP contribution in [-0.4, -0.2) is 23.9 Å². The molecule has 0 saturated carbocycles. The molecule has 0 spiro atoms. The number of rotatable bonds is 3. The van der Waals surface area contributed by atoms with Gasteiger partial charge in [-0.1, -0.05) is 19.9 Å². The van der Waals surface area contributed by atoms with Gasteiger partial charge in [-0.25, -0.2) is 0 Å². The number of nitrogen functional groups attached to an aromatic ring is 1. The molecule has 1 aromatic heterocycles. The molecule has 4 nitrogen and oxygen atoms in total. The molecule has 0 unspecified atom stereocenters. The third kappa shape index (κ3) is 4.45. The lowest BCUT2D eigenvalue weighted by molar-refractivity contribution is -0.137. The molecule has 0 atom stereocenters. The van der Waals surface area contributed by atoms with Gasteiger partial charge in [0.05, 0.1) is 11.3 Å². The van der Waals surface area contributed by atoms with Crippen molar-refractivity contribution in [2.24, 2.45) is 0 Å². The van der Waals surface area contributed by atoms with E-state index in [1.54, 1.807) is 18.2 Å². The minimum atomic E-state index is -4.43. The average molecular weight is 417 g/mol. The fourth-order valence-electron chi connectivity index (χ4n) is 3.66. The third-order valence-electron chi connectivity index (χ3n) is 5.20. The van der Waals surface area contributed by atoms with Gasteiger partial charge in [0.2, 0.25) is 5.78 Å². The van der Waals surface area contributed by atoms with Crippen LogP contribution in [0.5, 0.6) is 0 Å². The number of aromatic nitrogens is 1. The lowest BCUT2D eigenvalue weighted by atomic mass is 10.0. The fourth-order valence-corrected chi connectivity index (χ4v) is 3.66. The summed E-state index contributed by atoms with van der Waals surface area (Å²) in [6.45, 7) is 5.87. The molecule has 2 aromatic carbocycles. The molecule has 160 valence electrons. The highest BCUT2D eigenvalue weighted by Gasteiger charge is 2.30. The normalized spacial score (nSPS) is 14.4. The van der Waals surface area contributed by atoms with Crippen molar-refractivity contribution in [2.75, 3.05) is 23.7 Å². The first-order valence-corrected chi connectivity index (χ1v) is 10.2. The predicted molar refractivity (Wildman–Crippen MR) is 115 cm³/mol. The second-order valence-electron chi connectivity index (χ2n) is 7.13. The van der Waals surface area contributed by atoms with Gasteiger partial charge in [0.15, 0.2) is 0 Å². The quantitative estimate of drug-likeness (QED) is 0.405. The Morgan fingerprint density at radius 1 is 1.00 bits per heavy atom. The Morgan fingerprint density at radius 2 is 1.70 bits per heavy atom. The van der Waals surface area contributed by atoms with Gasteiger partial charge >= 0.3 is 6.18 Å². The zero-order valence-electron chi connectivity index (χ0n) is 17.1. The van der Waals surface area contributed by atoms with Crippen LogP contribution >= 0.6 is 0 Å². The number of halogens is 3. The van der Waals surface area contributed by atoms with Crippen LogP contribution in [0.15, 0.2) is 42.5 Å². The molecule has 1 fully saturated rings. The first kappa shape index (κ1) is 21.7. The SMILES string of the molecule is CC.Nc1ccc(N2CCCCC2)cc1C(=O)c1cc2ccc(C(F)(F)F)cc2[nH]1. The fraction of sp³-hybridized carbons (Fsp3) is 0.348. The summed E-state index contributed by atoms with van der Waals surface area (Å²) >= 11 is 0. The Labute approximate surface area is 173 Å². The Balaban J connectivity index is 0.00000124. The Morgan fingerprint density at radius 3 is 2.37 bits per heavy atom. The summed E-state index contributed by atoms with van der Waals surface area (Å²) in [4.78, 5) is 18.0. The number of aromatic amines is 1. The van der Waals surface area contributed by atoms with Crippen molar-refractivity contribution in [1.29, 1.82) is 0 Å². The molecule has 7 heteroatoms. The van der Waals surface area contributed by atoms with Crippen molar-refractivity contribution >= 4 is 28.1 Å². The van der Waals surface area contributed by atoms with E-state index in [0.717, 1.165) is 43.8 Å². The number of nitrogens with two attached hydrogens (primary N) is 1. The Hall–Kier alpha value is -2.96. The van der Waals surface area contributed by atoms with Gasteiger partial charge in [-0.2, -0.15) is 13.2 Å². The number of carbonyl (C=O) groups excluding carboxylic acids is 1. The number of piperidine rings is 1. The molecule has 0 amide bonds. The maximum atomic E-state index is 13.0. The summed E-state index contributed by atoms with van der Waals surface area (Å²) in [5.41, 5.74) is 7.40. The molecular weight excluding hydrogens is 391 g/mol. The molecule has 30 heavy (non-hydrogen) atoms. The van der Waals surface area contributed by atoms with Crippen molar-refractivity contribution in [3.05, 3.63) is 59.3 Å². The summed E-state index contributed by atoms with van der Waals surface area (Å²) in [5.74, 6) is -0.332. The van der Waals surface area contributed by atoms with E-state index in [9.17, 15) is 18.0 Å². The number of H-pyrrole nitrogens is 1. The Bertz CT molecular complexity index is 1030. The molecular formula is C23H26F3N3O. The van der Waals surface area contributed by atoms with Gasteiger partial charge in [0.1, 0.15) is 0 Å². The zero-order chi connectivity index (χ0) is 21.9. The minimum absolute atomic E-state index is 0.219. The van der Waals surface area contributed by atoms with Crippen LogP contribution in [0.3, 0.4) is 0 Å². The van der Waals surface area contributed by atoms with Gasteiger partial charge in [-0.15, -0.1) is 0 Å². The molecule has 0 bridgehead atoms. The molecule has 1 aliphatic heterocycles. The molecule has 4 rings (SSSR count). The number of ketones is 1. The Kier molecular flexibility index (Phi) is 6.39. The average Bonchev–Trinajstić information content (AvgIpc) is 3.18. The van der Waals surface area contributed by atoms with Crippen LogP contribution in [0.4, 0.5) is 24.5 Å². The van der Waals surface area contributed by atoms with E-state index in [1.165, 1.54) is 12.5 Å². The number of hydrogen-bond donors (Lipinski definition) is 2. The second kappa shape index (κ2) is 8.81. The molecule has 2 heterocycles. The topological polar surface area (TPSA) is 62.1 Å². The van der Waals surface area contributed by atoms with Crippen LogP contribution in [0.25, 0.3) is 10.9 Å². The molecule has 0 radical (unpaired) electrons. The van der Waals surface area contributed by atoms with Gasteiger partial charge in [0, 0.05) is 40.9 Å². The summed E-state index contributed by atoms with van der Waals surface area (Å²) in [6, 6.07) is 10.3. The third-order valence-corrected chi connectivity index (χ3v) is 5.20. The molecule has 1 saturated heterocycles. The highest BCUT2D eigenvalue weighted by Crippen LogP contribution is 2.32. The van der Waals surface area contributed by atoms with Gasteiger partial charge in [-0.05, 0) is 55.7 Å². The molecule has 0 aliphatic carbocycles. The van der Waals surface area contributed by atoms with E-state index in [4.69, 9.17) is 5.73 Å². The van der Waals surface area contributed by atoms with Crippen molar-refractivity contribution in [3.63, 3.8) is 0 Å². The molecule has 1 aliphatic rings. The van der Waals surface area contributed by atoms with Crippen molar-refractivity contribution in [1.82, 2.24) is 4.98 Å². The monoisotopic (exact) mass is 417 g/mol. The summed E-state index contributed by atoms with van der Waals surface area (Å²) in [5, 5.41) is 0.544. The van der Waals surface area contributed by atoms with Crippen LogP contribution in [-0.2, 0) is 6.18 Å². The largest absolute Gasteiger partial charge is 0.416 e. The lowest BCUT2D eigenvalue weighted by Crippen LogP contribution is -2.29. The number of benzene rings is 2. The van der Waals surface area contributed by atoms with Crippen LogP contribution in [0, 0.1) is 0 Å². The van der Waals surface area contributed by atoms with Crippen molar-refractivity contribution < 1.29 is 18.0 Å². The van der Waals surface area contributed by atoms with E-state index in [0.29, 0.717) is 16.6 Å². The van der Waals surface area contributed by atoms with Gasteiger partial charge in [0.25, 0.3) is 0 Å². The highest BCUT2D eigenvalue weighted by atomic mass is 19.4. The van der Waals surface area contributed by atoms with E-state index >= 15 is 0 Å². The number of carbonyl (C=O) groups is 1. The minimum Gasteiger partial charge on any atom is -0.398 e. The smallest absolute Gasteiger partial charge is 0.398 e. The van der Waals surface area contributed by atoms with E-state index in [2.05, 4.69) is 9.88 Å². The number of nitrogens with zero attached hydrogens (tertiary/aromatic N) is 1. The molecule has 3 N–H and O–H groups in total. The highest BCUT2D eigenvalue weighted by molar-refractivity contribution is 6.13. The zero-order valence-corrected chi connectivity index (χ0v) is 17.1. The van der Waals surface area contributed by atoms with Crippen LogP contribution in [0.2, 0.25) is 0 Å². The lowest BCUT2D eigenvalue weighted by Gasteiger charge is -2.29. The molecule has 3 aromatic rings. The van der Waals surface area contributed by atoms with Crippen molar-refractivity contribution in [2.45, 2.75) is 39.3 Å². The van der Waals surface area contributed by atoms with Crippen LogP contribution < -0.4 is 10.6 Å². The van der Waals surface area contributed by atoms with Crippen molar-refractivity contribution in [3.8, 4) is 0 Å². The van der Waals surface area contributed by atoms with E-state index < -0.39 is 11.7 Å². The summed E-state index contributed by atoms with van der Waals surface area (Å²) < 4.78 is 38.8. The number of fused-ring (bicyclic) bond motifs is 1. The number of anilines is 2. The number of hydrogen-bond acceptors (Lipinski definition) is 3. The summed E-state index contributed by atoms with van der Waals surface area (Å²) in [6.07, 6.45) is -1.02. The van der Waals surface area contributed by atoms with Gasteiger partial charge in [-0.3, -0.25) is 4.79 Å². The van der Waals surface area contributed by atoms with E-state index in [-0.39, 0.29) is 17.0 Å². The standard InChI is InChI=1S/C21H20F3N3O.C2H6/c22-21(23,24)14-5-4-13-10-19(26-18(13)11-14)20(28)16-12-15(6-7-17(16)25)27-8-2-1-3-9-27;1-2/h4-7,10-12,26H,1-3,8-9,25H2;1-2H3. The maximum absolute atomic E-state index is 13.0. The van der Waals surface area contributed by atoms with Crippen LogP contribution in [0.1, 0.15) is 54.7 Å². The van der Waals surface area contributed by atoms with E-state index in [1.807, 2.05) is 19.9 Å². The van der Waals surface area contributed by atoms with Gasteiger partial charge < -0.3 is 15.6 Å². The summed E-state index contributed by atoms with van der Waals surface area (Å²) in [7, 11) is 0. The predicted octanol–water partition coefficient (Wildman–Crippen LogP) is 6.02. The maximum Gasteiger partial charge on any atom is 0.416 e. The second-order valence-corrected chi connectivity index (χ2v) is 7.13. The first-order valence-electron chi connectivity index (χ1n) is 10.2. The first-order chi connectivity index (χ1) is 14.3. The number of alkyl halides is 3.